The number of carbonyl (C=O) groups excluding carboxylic acids is 1. The molecule has 0 spiro atoms. The Kier molecular flexibility index (Phi) is 2.30. The third-order valence-electron chi connectivity index (χ3n) is 2.01. The van der Waals surface area contributed by atoms with Gasteiger partial charge < -0.3 is 10.0 Å². The molecule has 0 aromatic carbocycles. The van der Waals surface area contributed by atoms with Crippen LogP contribution in [0.4, 0.5) is 4.39 Å². The zero-order valence-corrected chi connectivity index (χ0v) is 6.66. The Labute approximate surface area is 69.0 Å². The summed E-state index contributed by atoms with van der Waals surface area (Å²) in [5.74, 6) is -2.50. The van der Waals surface area contributed by atoms with Crippen molar-refractivity contribution in [3.63, 3.8) is 0 Å². The van der Waals surface area contributed by atoms with Gasteiger partial charge in [-0.3, -0.25) is 9.59 Å². The standard InChI is InChI=1S/C7H10FNO3/c1-4(10)9-2-5(7(11)12)6(8)3-9/h5-6H,2-3H2,1H3,(H,11,12)/t5-,6-/m1/s1. The lowest BCUT2D eigenvalue weighted by molar-refractivity contribution is -0.142. The van der Waals surface area contributed by atoms with Crippen molar-refractivity contribution < 1.29 is 19.1 Å². The first-order chi connectivity index (χ1) is 5.52. The number of rotatable bonds is 1. The maximum absolute atomic E-state index is 12.9. The molecule has 0 aliphatic carbocycles. The van der Waals surface area contributed by atoms with Gasteiger partial charge in [0.15, 0.2) is 0 Å². The first-order valence-electron chi connectivity index (χ1n) is 3.64. The minimum absolute atomic E-state index is 0.00810. The molecule has 12 heavy (non-hydrogen) atoms. The molecule has 1 aliphatic rings. The van der Waals surface area contributed by atoms with Gasteiger partial charge in [-0.25, -0.2) is 4.39 Å². The number of amides is 1. The van der Waals surface area contributed by atoms with Gasteiger partial charge in [-0.2, -0.15) is 0 Å². The second-order valence-corrected chi connectivity index (χ2v) is 2.88. The number of hydrogen-bond donors (Lipinski definition) is 1. The lowest BCUT2D eigenvalue weighted by Crippen LogP contribution is -2.27. The smallest absolute Gasteiger partial charge is 0.311 e. The molecular weight excluding hydrogens is 165 g/mol. The van der Waals surface area contributed by atoms with Crippen LogP contribution in [0.25, 0.3) is 0 Å². The number of aliphatic carboxylic acids is 1. The summed E-state index contributed by atoms with van der Waals surface area (Å²) in [5, 5.41) is 8.51. The summed E-state index contributed by atoms with van der Waals surface area (Å²) in [6.45, 7) is 1.20. The van der Waals surface area contributed by atoms with Gasteiger partial charge in [0.05, 0.1) is 6.54 Å². The average molecular weight is 175 g/mol. The molecule has 0 radical (unpaired) electrons. The van der Waals surface area contributed by atoms with E-state index in [4.69, 9.17) is 5.11 Å². The van der Waals surface area contributed by atoms with Crippen molar-refractivity contribution in [2.24, 2.45) is 5.92 Å². The molecule has 2 atom stereocenters. The van der Waals surface area contributed by atoms with Crippen molar-refractivity contribution in [2.45, 2.75) is 13.1 Å². The van der Waals surface area contributed by atoms with Gasteiger partial charge >= 0.3 is 5.97 Å². The van der Waals surface area contributed by atoms with Crippen molar-refractivity contribution in [3.8, 4) is 0 Å². The van der Waals surface area contributed by atoms with Crippen LogP contribution >= 0.6 is 0 Å². The molecule has 0 aromatic rings. The summed E-state index contributed by atoms with van der Waals surface area (Å²) in [5.41, 5.74) is 0. The first-order valence-corrected chi connectivity index (χ1v) is 3.64. The minimum Gasteiger partial charge on any atom is -0.481 e. The predicted octanol–water partition coefficient (Wildman–Crippen LogP) is -0.113. The Hall–Kier alpha value is -1.13. The van der Waals surface area contributed by atoms with Crippen LogP contribution in [0.1, 0.15) is 6.92 Å². The third-order valence-corrected chi connectivity index (χ3v) is 2.01. The molecule has 0 aromatic heterocycles. The maximum atomic E-state index is 12.9. The lowest BCUT2D eigenvalue weighted by Gasteiger charge is -2.10. The Balaban J connectivity index is 2.62. The van der Waals surface area contributed by atoms with Gasteiger partial charge in [0.1, 0.15) is 12.1 Å². The fourth-order valence-electron chi connectivity index (χ4n) is 1.25. The molecule has 0 unspecified atom stereocenters. The number of carbonyl (C=O) groups is 2. The summed E-state index contributed by atoms with van der Waals surface area (Å²) in [4.78, 5) is 22.3. The molecule has 1 aliphatic heterocycles. The predicted molar refractivity (Wildman–Crippen MR) is 38.3 cm³/mol. The van der Waals surface area contributed by atoms with Crippen LogP contribution < -0.4 is 0 Å². The van der Waals surface area contributed by atoms with Crippen LogP contribution in [0.2, 0.25) is 0 Å². The van der Waals surface area contributed by atoms with Crippen LogP contribution in [-0.4, -0.2) is 41.1 Å². The highest BCUT2D eigenvalue weighted by atomic mass is 19.1. The normalized spacial score (nSPS) is 29.0. The van der Waals surface area contributed by atoms with E-state index in [1.165, 1.54) is 11.8 Å². The molecule has 1 saturated heterocycles. The van der Waals surface area contributed by atoms with Gasteiger partial charge in [-0.1, -0.05) is 0 Å². The Bertz CT molecular complexity index is 219. The molecule has 68 valence electrons. The first kappa shape index (κ1) is 8.96. The van der Waals surface area contributed by atoms with E-state index in [9.17, 15) is 14.0 Å². The number of halogens is 1. The van der Waals surface area contributed by atoms with Crippen molar-refractivity contribution in [1.29, 1.82) is 0 Å². The van der Waals surface area contributed by atoms with Gasteiger partial charge in [-0.05, 0) is 0 Å². The highest BCUT2D eigenvalue weighted by Crippen LogP contribution is 2.19. The van der Waals surface area contributed by atoms with Gasteiger partial charge in [0.2, 0.25) is 5.91 Å². The van der Waals surface area contributed by atoms with Gasteiger partial charge in [-0.15, -0.1) is 0 Å². The lowest BCUT2D eigenvalue weighted by atomic mass is 10.1. The summed E-state index contributed by atoms with van der Waals surface area (Å²) < 4.78 is 12.9. The highest BCUT2D eigenvalue weighted by molar-refractivity contribution is 5.77. The molecular formula is C7H10FNO3. The van der Waals surface area contributed by atoms with E-state index in [0.717, 1.165) is 0 Å². The largest absolute Gasteiger partial charge is 0.481 e. The zero-order valence-electron chi connectivity index (χ0n) is 6.66. The molecule has 1 fully saturated rings. The van der Waals surface area contributed by atoms with E-state index >= 15 is 0 Å². The van der Waals surface area contributed by atoms with Crippen LogP contribution in [0.3, 0.4) is 0 Å². The van der Waals surface area contributed by atoms with Gasteiger partial charge in [0, 0.05) is 13.5 Å². The molecule has 1 rings (SSSR count). The molecule has 1 amide bonds. The van der Waals surface area contributed by atoms with E-state index in [0.29, 0.717) is 0 Å². The number of hydrogen-bond acceptors (Lipinski definition) is 2. The molecule has 4 nitrogen and oxygen atoms in total. The molecule has 5 heteroatoms. The molecule has 0 saturated carbocycles. The average Bonchev–Trinajstić information content (AvgIpc) is 2.30. The van der Waals surface area contributed by atoms with E-state index in [2.05, 4.69) is 0 Å². The van der Waals surface area contributed by atoms with Crippen LogP contribution in [0, 0.1) is 5.92 Å². The fourth-order valence-corrected chi connectivity index (χ4v) is 1.25. The molecule has 0 bridgehead atoms. The monoisotopic (exact) mass is 175 g/mol. The van der Waals surface area contributed by atoms with Crippen molar-refractivity contribution in [3.05, 3.63) is 0 Å². The fraction of sp³-hybridized carbons (Fsp3) is 0.714. The summed E-state index contributed by atoms with van der Waals surface area (Å²) in [7, 11) is 0. The Morgan fingerprint density at radius 3 is 2.33 bits per heavy atom. The van der Waals surface area contributed by atoms with Crippen LogP contribution in [0.15, 0.2) is 0 Å². The van der Waals surface area contributed by atoms with Crippen molar-refractivity contribution in [2.75, 3.05) is 13.1 Å². The number of nitrogens with zero attached hydrogens (tertiary/aromatic N) is 1. The van der Waals surface area contributed by atoms with E-state index < -0.39 is 18.1 Å². The Morgan fingerprint density at radius 2 is 2.08 bits per heavy atom. The van der Waals surface area contributed by atoms with Crippen molar-refractivity contribution in [1.82, 2.24) is 4.90 Å². The number of carboxylic acid groups (broad SMARTS) is 1. The second-order valence-electron chi connectivity index (χ2n) is 2.88. The summed E-state index contributed by atoms with van der Waals surface area (Å²) in [6.07, 6.45) is -1.42. The topological polar surface area (TPSA) is 57.6 Å². The van der Waals surface area contributed by atoms with E-state index in [1.807, 2.05) is 0 Å². The number of carboxylic acids is 1. The Morgan fingerprint density at radius 1 is 1.50 bits per heavy atom. The molecule has 1 N–H and O–H groups in total. The maximum Gasteiger partial charge on any atom is 0.311 e. The summed E-state index contributed by atoms with van der Waals surface area (Å²) in [6, 6.07) is 0. The molecule has 1 heterocycles. The SMILES string of the molecule is CC(=O)N1C[C@@H](F)[C@H](C(=O)O)C1. The highest BCUT2D eigenvalue weighted by Gasteiger charge is 2.38. The van der Waals surface area contributed by atoms with E-state index in [1.54, 1.807) is 0 Å². The minimum atomic E-state index is -1.42. The van der Waals surface area contributed by atoms with Gasteiger partial charge in [0.25, 0.3) is 0 Å². The number of likely N-dealkylation sites (tertiary alicyclic amines) is 1. The second kappa shape index (κ2) is 3.08. The van der Waals surface area contributed by atoms with Crippen molar-refractivity contribution >= 4 is 11.9 Å². The third kappa shape index (κ3) is 1.54. The van der Waals surface area contributed by atoms with E-state index in [-0.39, 0.29) is 19.0 Å². The zero-order chi connectivity index (χ0) is 9.30. The number of alkyl halides is 1. The van der Waals surface area contributed by atoms with Crippen LogP contribution in [-0.2, 0) is 9.59 Å². The summed E-state index contributed by atoms with van der Waals surface area (Å²) >= 11 is 0. The quantitative estimate of drug-likeness (QED) is 0.604. The van der Waals surface area contributed by atoms with Crippen LogP contribution in [0.5, 0.6) is 0 Å².